The fraction of sp³-hybridized carbons (Fsp3) is 0.375. The second-order valence-electron chi connectivity index (χ2n) is 2.81. The van der Waals surface area contributed by atoms with Gasteiger partial charge < -0.3 is 0 Å². The molecule has 0 bridgehead atoms. The Kier molecular flexibility index (Phi) is 3.26. The second kappa shape index (κ2) is 4.09. The molecular weight excluding hydrogens is 220 g/mol. The van der Waals surface area contributed by atoms with E-state index < -0.39 is 10.0 Å². The Bertz CT molecular complexity index is 468. The molecule has 1 aromatic rings. The van der Waals surface area contributed by atoms with Crippen molar-refractivity contribution in [1.29, 1.82) is 5.26 Å². The topological polar surface area (TPSA) is 70.0 Å². The minimum Gasteiger partial charge on any atom is -0.206 e. The maximum atomic E-state index is 11.6. The van der Waals surface area contributed by atoms with Crippen molar-refractivity contribution in [2.24, 2.45) is 0 Å². The van der Waals surface area contributed by atoms with Gasteiger partial charge in [0.2, 0.25) is 0 Å². The summed E-state index contributed by atoms with van der Waals surface area (Å²) in [6.07, 6.45) is 0. The molecule has 0 atom stereocenters. The van der Waals surface area contributed by atoms with Gasteiger partial charge in [-0.1, -0.05) is 0 Å². The van der Waals surface area contributed by atoms with E-state index in [2.05, 4.69) is 4.72 Å². The molecule has 0 radical (unpaired) electrons. The number of nitrogens with one attached hydrogen (secondary N) is 1. The van der Waals surface area contributed by atoms with Gasteiger partial charge in [-0.3, -0.25) is 0 Å². The van der Waals surface area contributed by atoms with E-state index in [4.69, 9.17) is 5.26 Å². The van der Waals surface area contributed by atoms with Crippen molar-refractivity contribution in [3.63, 3.8) is 0 Å². The zero-order chi connectivity index (χ0) is 10.8. The van der Waals surface area contributed by atoms with E-state index in [9.17, 15) is 8.42 Å². The lowest BCUT2D eigenvalue weighted by atomic mass is 10.4. The zero-order valence-electron chi connectivity index (χ0n) is 7.86. The van der Waals surface area contributed by atoms with E-state index in [1.165, 1.54) is 11.3 Å². The lowest BCUT2D eigenvalue weighted by Gasteiger charge is -2.00. The van der Waals surface area contributed by atoms with Crippen LogP contribution in [0.4, 0.5) is 0 Å². The first kappa shape index (κ1) is 11.2. The predicted molar refractivity (Wildman–Crippen MR) is 54.6 cm³/mol. The molecule has 0 aliphatic heterocycles. The molecule has 0 fully saturated rings. The van der Waals surface area contributed by atoms with E-state index in [1.54, 1.807) is 13.0 Å². The fourth-order valence-electron chi connectivity index (χ4n) is 1.08. The van der Waals surface area contributed by atoms with Crippen LogP contribution in [0.1, 0.15) is 10.4 Å². The van der Waals surface area contributed by atoms with Crippen LogP contribution in [0.2, 0.25) is 0 Å². The van der Waals surface area contributed by atoms with Gasteiger partial charge in [-0.25, -0.2) is 8.42 Å². The van der Waals surface area contributed by atoms with Crippen LogP contribution in [0.5, 0.6) is 0 Å². The van der Waals surface area contributed by atoms with E-state index in [0.29, 0.717) is 4.21 Å². The Morgan fingerprint density at radius 1 is 1.57 bits per heavy atom. The van der Waals surface area contributed by atoms with Crippen molar-refractivity contribution in [2.75, 3.05) is 6.54 Å². The third-order valence-electron chi connectivity index (χ3n) is 1.58. The second-order valence-corrected chi connectivity index (χ2v) is 6.03. The van der Waals surface area contributed by atoms with Gasteiger partial charge in [-0.15, -0.1) is 11.3 Å². The van der Waals surface area contributed by atoms with Gasteiger partial charge in [-0.05, 0) is 25.5 Å². The van der Waals surface area contributed by atoms with Crippen molar-refractivity contribution >= 4 is 21.4 Å². The highest BCUT2D eigenvalue weighted by molar-refractivity contribution is 7.91. The fourth-order valence-corrected chi connectivity index (χ4v) is 3.71. The van der Waals surface area contributed by atoms with Crippen LogP contribution in [0.15, 0.2) is 10.3 Å². The van der Waals surface area contributed by atoms with E-state index in [0.717, 1.165) is 10.4 Å². The van der Waals surface area contributed by atoms with Crippen molar-refractivity contribution in [3.05, 3.63) is 16.5 Å². The summed E-state index contributed by atoms with van der Waals surface area (Å²) >= 11 is 1.21. The molecule has 1 aromatic heterocycles. The zero-order valence-corrected chi connectivity index (χ0v) is 9.50. The number of sulfonamides is 1. The normalized spacial score (nSPS) is 11.2. The van der Waals surface area contributed by atoms with Gasteiger partial charge in [0.1, 0.15) is 4.21 Å². The maximum absolute atomic E-state index is 11.6. The minimum absolute atomic E-state index is 0.196. The molecule has 6 heteroatoms. The van der Waals surface area contributed by atoms with Crippen LogP contribution in [-0.2, 0) is 10.0 Å². The highest BCUT2D eigenvalue weighted by Gasteiger charge is 2.18. The number of aryl methyl sites for hydroxylation is 2. The smallest absolute Gasteiger partial charge is 0.206 e. The van der Waals surface area contributed by atoms with Crippen molar-refractivity contribution in [3.8, 4) is 6.07 Å². The number of nitrogens with zero attached hydrogens (tertiary/aromatic N) is 1. The first-order chi connectivity index (χ1) is 6.47. The van der Waals surface area contributed by atoms with Gasteiger partial charge in [0, 0.05) is 4.88 Å². The van der Waals surface area contributed by atoms with Crippen molar-refractivity contribution in [2.45, 2.75) is 18.1 Å². The van der Waals surface area contributed by atoms with Crippen LogP contribution >= 0.6 is 11.3 Å². The summed E-state index contributed by atoms with van der Waals surface area (Å²) in [5, 5.41) is 8.28. The summed E-state index contributed by atoms with van der Waals surface area (Å²) in [5.74, 6) is 0. The van der Waals surface area contributed by atoms with Crippen LogP contribution in [0, 0.1) is 25.2 Å². The summed E-state index contributed by atoms with van der Waals surface area (Å²) < 4.78 is 25.6. The van der Waals surface area contributed by atoms with E-state index in [-0.39, 0.29) is 6.54 Å². The number of hydrogen-bond acceptors (Lipinski definition) is 4. The number of thiophene rings is 1. The van der Waals surface area contributed by atoms with Gasteiger partial charge >= 0.3 is 0 Å². The van der Waals surface area contributed by atoms with Gasteiger partial charge in [0.05, 0.1) is 12.6 Å². The Labute approximate surface area is 87.2 Å². The molecule has 4 nitrogen and oxygen atoms in total. The summed E-state index contributed by atoms with van der Waals surface area (Å²) in [7, 11) is -3.49. The highest BCUT2D eigenvalue weighted by Crippen LogP contribution is 2.25. The molecule has 76 valence electrons. The quantitative estimate of drug-likeness (QED) is 0.792. The third kappa shape index (κ3) is 2.32. The van der Waals surface area contributed by atoms with Crippen molar-refractivity contribution < 1.29 is 8.42 Å². The van der Waals surface area contributed by atoms with E-state index in [1.807, 2.05) is 13.0 Å². The molecule has 1 heterocycles. The predicted octanol–water partition coefficient (Wildman–Crippen LogP) is 1.17. The molecule has 0 aliphatic carbocycles. The SMILES string of the molecule is Cc1cc(C)c(S(=O)(=O)NCC#N)s1. The number of rotatable bonds is 3. The van der Waals surface area contributed by atoms with Crippen LogP contribution < -0.4 is 4.72 Å². The Morgan fingerprint density at radius 2 is 2.21 bits per heavy atom. The Balaban J connectivity index is 3.05. The molecule has 0 saturated carbocycles. The molecule has 0 aliphatic rings. The van der Waals surface area contributed by atoms with Crippen LogP contribution in [-0.4, -0.2) is 15.0 Å². The summed E-state index contributed by atoms with van der Waals surface area (Å²) in [6.45, 7) is 3.39. The minimum atomic E-state index is -3.49. The molecule has 1 rings (SSSR count). The lowest BCUT2D eigenvalue weighted by molar-refractivity contribution is 0.587. The molecule has 14 heavy (non-hydrogen) atoms. The molecular formula is C8H10N2O2S2. The van der Waals surface area contributed by atoms with Crippen molar-refractivity contribution in [1.82, 2.24) is 4.72 Å². The summed E-state index contributed by atoms with van der Waals surface area (Å²) in [6, 6.07) is 3.55. The number of hydrogen-bond donors (Lipinski definition) is 1. The number of nitriles is 1. The molecule has 0 unspecified atom stereocenters. The monoisotopic (exact) mass is 230 g/mol. The highest BCUT2D eigenvalue weighted by atomic mass is 32.2. The largest absolute Gasteiger partial charge is 0.251 e. The third-order valence-corrected chi connectivity index (χ3v) is 4.77. The maximum Gasteiger partial charge on any atom is 0.251 e. The molecule has 1 N–H and O–H groups in total. The van der Waals surface area contributed by atoms with E-state index >= 15 is 0 Å². The van der Waals surface area contributed by atoms with Crippen LogP contribution in [0.3, 0.4) is 0 Å². The average molecular weight is 230 g/mol. The summed E-state index contributed by atoms with van der Waals surface area (Å²) in [4.78, 5) is 0.944. The Morgan fingerprint density at radius 3 is 2.64 bits per heavy atom. The standard InChI is InChI=1S/C8H10N2O2S2/c1-6-5-7(2)13-8(6)14(11,12)10-4-3-9/h5,10H,4H2,1-2H3. The summed E-state index contributed by atoms with van der Waals surface area (Å²) in [5.41, 5.74) is 0.720. The Hall–Kier alpha value is -0.900. The molecule has 0 spiro atoms. The van der Waals surface area contributed by atoms with Crippen LogP contribution in [0.25, 0.3) is 0 Å². The van der Waals surface area contributed by atoms with Gasteiger partial charge in [0.25, 0.3) is 10.0 Å². The van der Waals surface area contributed by atoms with Gasteiger partial charge in [-0.2, -0.15) is 9.98 Å². The first-order valence-corrected chi connectivity index (χ1v) is 6.21. The van der Waals surface area contributed by atoms with Gasteiger partial charge in [0.15, 0.2) is 0 Å². The average Bonchev–Trinajstić information content (AvgIpc) is 2.42. The molecule has 0 saturated heterocycles. The lowest BCUT2D eigenvalue weighted by Crippen LogP contribution is -2.23. The first-order valence-electron chi connectivity index (χ1n) is 3.91. The molecule has 0 amide bonds. The molecule has 0 aromatic carbocycles.